The molecule has 3 nitrogen and oxygen atoms in total. The number of hydrogen-bond donors (Lipinski definition) is 1. The minimum atomic E-state index is 0.551. The molecule has 2 heterocycles. The maximum Gasteiger partial charge on any atom is 0.128 e. The fraction of sp³-hybridized carbons (Fsp3) is 0.706. The number of aromatic nitrogens is 1. The average Bonchev–Trinajstić information content (AvgIpc) is 2.54. The summed E-state index contributed by atoms with van der Waals surface area (Å²) in [6.07, 6.45) is 5.12. The van der Waals surface area contributed by atoms with Crippen LogP contribution in [0.5, 0.6) is 0 Å². The third-order valence-corrected chi connectivity index (χ3v) is 5.44. The van der Waals surface area contributed by atoms with Gasteiger partial charge in [-0.1, -0.05) is 45.2 Å². The van der Waals surface area contributed by atoms with E-state index in [1.807, 2.05) is 6.07 Å². The first-order valence-electron chi connectivity index (χ1n) is 8.25. The van der Waals surface area contributed by atoms with Crippen LogP contribution in [0.3, 0.4) is 0 Å². The van der Waals surface area contributed by atoms with Gasteiger partial charge in [0, 0.05) is 19.6 Å². The zero-order valence-electron chi connectivity index (χ0n) is 13.6. The quantitative estimate of drug-likeness (QED) is 0.851. The molecule has 0 aliphatic carbocycles. The molecule has 0 radical (unpaired) electrons. The van der Waals surface area contributed by atoms with Crippen molar-refractivity contribution in [1.29, 1.82) is 0 Å². The first-order chi connectivity index (χ1) is 10.1. The molecule has 21 heavy (non-hydrogen) atoms. The summed E-state index contributed by atoms with van der Waals surface area (Å²) in [4.78, 5) is 7.18. The van der Waals surface area contributed by atoms with Crippen molar-refractivity contribution >= 4 is 17.4 Å². The smallest absolute Gasteiger partial charge is 0.128 e. The predicted octanol–water partition coefficient (Wildman–Crippen LogP) is 4.25. The molecule has 0 saturated carbocycles. The van der Waals surface area contributed by atoms with E-state index in [2.05, 4.69) is 37.1 Å². The topological polar surface area (TPSA) is 28.2 Å². The molecule has 2 rings (SSSR count). The SMILES string of the molecule is CCNCc1nc(N2CCC(CC)(CC)CC2)ccc1Cl. The highest BCUT2D eigenvalue weighted by Gasteiger charge is 2.31. The summed E-state index contributed by atoms with van der Waals surface area (Å²) in [7, 11) is 0. The van der Waals surface area contributed by atoms with E-state index in [4.69, 9.17) is 16.6 Å². The number of hydrogen-bond acceptors (Lipinski definition) is 3. The third kappa shape index (κ3) is 3.89. The number of rotatable bonds is 6. The van der Waals surface area contributed by atoms with Gasteiger partial charge < -0.3 is 10.2 Å². The number of anilines is 1. The van der Waals surface area contributed by atoms with Crippen molar-refractivity contribution in [2.24, 2.45) is 5.41 Å². The summed E-state index contributed by atoms with van der Waals surface area (Å²) in [5.41, 5.74) is 1.51. The minimum absolute atomic E-state index is 0.551. The van der Waals surface area contributed by atoms with Gasteiger partial charge in [0.05, 0.1) is 10.7 Å². The third-order valence-electron chi connectivity index (χ3n) is 5.09. The molecule has 1 aromatic rings. The van der Waals surface area contributed by atoms with Crippen molar-refractivity contribution < 1.29 is 0 Å². The second-order valence-electron chi connectivity index (χ2n) is 6.07. The van der Waals surface area contributed by atoms with Gasteiger partial charge >= 0.3 is 0 Å². The first-order valence-corrected chi connectivity index (χ1v) is 8.63. The normalized spacial score (nSPS) is 18.0. The van der Waals surface area contributed by atoms with Crippen LogP contribution in [-0.4, -0.2) is 24.6 Å². The minimum Gasteiger partial charge on any atom is -0.357 e. The van der Waals surface area contributed by atoms with Crippen LogP contribution >= 0.6 is 11.6 Å². The fourth-order valence-corrected chi connectivity index (χ4v) is 3.36. The molecule has 0 unspecified atom stereocenters. The molecule has 1 fully saturated rings. The standard InChI is InChI=1S/C17H28ClN3/c1-4-17(5-2)9-11-21(12-10-17)16-8-7-14(18)15(20-16)13-19-6-3/h7-8,19H,4-6,9-13H2,1-3H3. The maximum atomic E-state index is 6.24. The Hall–Kier alpha value is -0.800. The summed E-state index contributed by atoms with van der Waals surface area (Å²) in [6, 6.07) is 4.04. The molecule has 0 aromatic carbocycles. The van der Waals surface area contributed by atoms with Gasteiger partial charge in [-0.05, 0) is 36.9 Å². The predicted molar refractivity (Wildman–Crippen MR) is 91.1 cm³/mol. The zero-order valence-corrected chi connectivity index (χ0v) is 14.3. The van der Waals surface area contributed by atoms with Gasteiger partial charge in [-0.3, -0.25) is 0 Å². The van der Waals surface area contributed by atoms with Crippen LogP contribution in [0.2, 0.25) is 5.02 Å². The van der Waals surface area contributed by atoms with Crippen molar-refractivity contribution in [3.63, 3.8) is 0 Å². The molecule has 0 spiro atoms. The Morgan fingerprint density at radius 3 is 2.43 bits per heavy atom. The molecule has 4 heteroatoms. The lowest BCUT2D eigenvalue weighted by Gasteiger charge is -2.41. The van der Waals surface area contributed by atoms with Gasteiger partial charge in [-0.2, -0.15) is 0 Å². The summed E-state index contributed by atoms with van der Waals surface area (Å²) in [5.74, 6) is 1.08. The van der Waals surface area contributed by atoms with Crippen molar-refractivity contribution in [2.45, 2.75) is 53.0 Å². The van der Waals surface area contributed by atoms with E-state index >= 15 is 0 Å². The molecule has 0 bridgehead atoms. The highest BCUT2D eigenvalue weighted by molar-refractivity contribution is 6.31. The van der Waals surface area contributed by atoms with E-state index in [9.17, 15) is 0 Å². The maximum absolute atomic E-state index is 6.24. The Kier molecular flexibility index (Phi) is 5.88. The van der Waals surface area contributed by atoms with Crippen molar-refractivity contribution in [1.82, 2.24) is 10.3 Å². The fourth-order valence-electron chi connectivity index (χ4n) is 3.18. The molecule has 118 valence electrons. The number of piperidine rings is 1. The summed E-state index contributed by atoms with van der Waals surface area (Å²) < 4.78 is 0. The Labute approximate surface area is 134 Å². The van der Waals surface area contributed by atoms with Gasteiger partial charge in [0.1, 0.15) is 5.82 Å². The summed E-state index contributed by atoms with van der Waals surface area (Å²) in [5, 5.41) is 4.06. The van der Waals surface area contributed by atoms with Gasteiger partial charge in [0.25, 0.3) is 0 Å². The molecular formula is C17H28ClN3. The molecular weight excluding hydrogens is 282 g/mol. The van der Waals surface area contributed by atoms with Gasteiger partial charge in [0.15, 0.2) is 0 Å². The highest BCUT2D eigenvalue weighted by Crippen LogP contribution is 2.38. The Bertz CT molecular complexity index is 447. The van der Waals surface area contributed by atoms with Crippen LogP contribution in [0.4, 0.5) is 5.82 Å². The number of nitrogens with zero attached hydrogens (tertiary/aromatic N) is 2. The van der Waals surface area contributed by atoms with Crippen molar-refractivity contribution in [3.8, 4) is 0 Å². The highest BCUT2D eigenvalue weighted by atomic mass is 35.5. The molecule has 1 aliphatic rings. The van der Waals surface area contributed by atoms with Crippen molar-refractivity contribution in [3.05, 3.63) is 22.8 Å². The summed E-state index contributed by atoms with van der Waals surface area (Å²) >= 11 is 6.24. The van der Waals surface area contributed by atoms with Crippen LogP contribution in [0.15, 0.2) is 12.1 Å². The first kappa shape index (κ1) is 16.6. The van der Waals surface area contributed by atoms with Crippen LogP contribution in [0.25, 0.3) is 0 Å². The average molecular weight is 310 g/mol. The number of pyridine rings is 1. The lowest BCUT2D eigenvalue weighted by atomic mass is 9.74. The molecule has 1 aromatic heterocycles. The van der Waals surface area contributed by atoms with Crippen LogP contribution < -0.4 is 10.2 Å². The van der Waals surface area contributed by atoms with E-state index in [0.717, 1.165) is 42.7 Å². The van der Waals surface area contributed by atoms with E-state index in [1.165, 1.54) is 25.7 Å². The molecule has 0 amide bonds. The molecule has 1 aliphatic heterocycles. The lowest BCUT2D eigenvalue weighted by molar-refractivity contribution is 0.199. The van der Waals surface area contributed by atoms with Gasteiger partial charge in [-0.15, -0.1) is 0 Å². The summed E-state index contributed by atoms with van der Waals surface area (Å²) in [6.45, 7) is 10.6. The number of halogens is 1. The second-order valence-corrected chi connectivity index (χ2v) is 6.48. The van der Waals surface area contributed by atoms with Crippen LogP contribution in [0.1, 0.15) is 52.1 Å². The van der Waals surface area contributed by atoms with E-state index < -0.39 is 0 Å². The van der Waals surface area contributed by atoms with E-state index in [-0.39, 0.29) is 0 Å². The Morgan fingerprint density at radius 1 is 1.19 bits per heavy atom. The monoisotopic (exact) mass is 309 g/mol. The molecule has 1 N–H and O–H groups in total. The van der Waals surface area contributed by atoms with E-state index in [1.54, 1.807) is 0 Å². The largest absolute Gasteiger partial charge is 0.357 e. The number of nitrogens with one attached hydrogen (secondary N) is 1. The second kappa shape index (κ2) is 7.46. The Morgan fingerprint density at radius 2 is 1.86 bits per heavy atom. The lowest BCUT2D eigenvalue weighted by Crippen LogP contribution is -2.40. The van der Waals surface area contributed by atoms with Gasteiger partial charge in [-0.25, -0.2) is 4.98 Å². The van der Waals surface area contributed by atoms with Crippen LogP contribution in [0, 0.1) is 5.41 Å². The zero-order chi connectivity index (χ0) is 15.3. The molecule has 1 saturated heterocycles. The van der Waals surface area contributed by atoms with Crippen molar-refractivity contribution in [2.75, 3.05) is 24.5 Å². The van der Waals surface area contributed by atoms with Gasteiger partial charge in [0.2, 0.25) is 0 Å². The molecule has 0 atom stereocenters. The van der Waals surface area contributed by atoms with E-state index in [0.29, 0.717) is 5.41 Å². The Balaban J connectivity index is 2.06. The van der Waals surface area contributed by atoms with Crippen LogP contribution in [-0.2, 0) is 6.54 Å².